The number of hydrogen-bond acceptors (Lipinski definition) is 1. The Morgan fingerprint density at radius 3 is 2.64 bits per heavy atom. The number of rotatable bonds is 1. The molecule has 1 heterocycles. The van der Waals surface area contributed by atoms with E-state index in [-0.39, 0.29) is 0 Å². The summed E-state index contributed by atoms with van der Waals surface area (Å²) in [5.74, 6) is 0. The van der Waals surface area contributed by atoms with Gasteiger partial charge in [-0.1, -0.05) is 11.6 Å². The average Bonchev–Trinajstić information content (AvgIpc) is 2.45. The predicted molar refractivity (Wildman–Crippen MR) is 60.4 cm³/mol. The number of aliphatic imine (C=N–C) groups is 1. The number of hydrogen-bond donors (Lipinski definition) is 0. The maximum Gasteiger partial charge on any atom is 0.152 e. The van der Waals surface area contributed by atoms with Crippen LogP contribution in [0.15, 0.2) is 23.2 Å². The van der Waals surface area contributed by atoms with Crippen LogP contribution in [0.1, 0.15) is 11.6 Å². The lowest BCUT2D eigenvalue weighted by molar-refractivity contribution is -0.889. The highest BCUT2D eigenvalue weighted by Gasteiger charge is 2.30. The Morgan fingerprint density at radius 1 is 1.29 bits per heavy atom. The highest BCUT2D eigenvalue weighted by molar-refractivity contribution is 6.30. The average molecular weight is 210 g/mol. The fraction of sp³-hybridized carbons (Fsp3) is 0.364. The van der Waals surface area contributed by atoms with Crippen LogP contribution in [0.3, 0.4) is 0 Å². The lowest BCUT2D eigenvalue weighted by atomic mass is 10.1. The lowest BCUT2D eigenvalue weighted by Crippen LogP contribution is -2.38. The van der Waals surface area contributed by atoms with E-state index in [4.69, 9.17) is 11.6 Å². The number of nitrogens with zero attached hydrogens (tertiary/aromatic N) is 2. The number of quaternary nitrogens is 1. The molecule has 1 aliphatic rings. The molecular weight excluding hydrogens is 196 g/mol. The number of benzene rings is 1. The zero-order chi connectivity index (χ0) is 10.3. The largest absolute Gasteiger partial charge is 0.320 e. The van der Waals surface area contributed by atoms with Crippen LogP contribution in [0.2, 0.25) is 5.02 Å². The molecule has 1 aliphatic heterocycles. The number of fused-ring (bicyclic) bond motifs is 1. The Bertz CT molecular complexity index is 391. The molecule has 0 saturated heterocycles. The second kappa shape index (κ2) is 3.07. The molecule has 1 aromatic carbocycles. The smallest absolute Gasteiger partial charge is 0.152 e. The van der Waals surface area contributed by atoms with Gasteiger partial charge >= 0.3 is 0 Å². The molecule has 3 heteroatoms. The molecule has 2 rings (SSSR count). The van der Waals surface area contributed by atoms with Gasteiger partial charge in [-0.15, -0.1) is 0 Å². The molecule has 0 N–H and O–H groups in total. The van der Waals surface area contributed by atoms with Gasteiger partial charge in [0, 0.05) is 10.6 Å². The Balaban J connectivity index is 2.48. The lowest BCUT2D eigenvalue weighted by Gasteiger charge is -2.30. The van der Waals surface area contributed by atoms with Gasteiger partial charge in [0.2, 0.25) is 0 Å². The van der Waals surface area contributed by atoms with Crippen molar-refractivity contribution >= 4 is 23.5 Å². The first kappa shape index (κ1) is 9.69. The van der Waals surface area contributed by atoms with Crippen molar-refractivity contribution in [3.63, 3.8) is 0 Å². The normalized spacial score (nSPS) is 19.9. The fourth-order valence-electron chi connectivity index (χ4n) is 1.73. The predicted octanol–water partition coefficient (Wildman–Crippen LogP) is 2.80. The monoisotopic (exact) mass is 209 g/mol. The summed E-state index contributed by atoms with van der Waals surface area (Å²) in [7, 11) is 6.48. The van der Waals surface area contributed by atoms with E-state index >= 15 is 0 Å². The van der Waals surface area contributed by atoms with E-state index in [1.165, 1.54) is 5.56 Å². The van der Waals surface area contributed by atoms with Crippen LogP contribution in [0.5, 0.6) is 0 Å². The summed E-state index contributed by atoms with van der Waals surface area (Å²) in [6, 6.07) is 6.20. The molecule has 0 spiro atoms. The van der Waals surface area contributed by atoms with E-state index in [0.29, 0.717) is 6.04 Å². The first-order valence-corrected chi connectivity index (χ1v) is 5.01. The van der Waals surface area contributed by atoms with E-state index in [0.717, 1.165) is 15.2 Å². The van der Waals surface area contributed by atoms with Crippen LogP contribution in [0.4, 0.5) is 5.69 Å². The minimum atomic E-state index is 0.323. The van der Waals surface area contributed by atoms with Crippen molar-refractivity contribution in [2.45, 2.75) is 6.04 Å². The van der Waals surface area contributed by atoms with Crippen molar-refractivity contribution in [2.24, 2.45) is 4.99 Å². The molecule has 0 saturated carbocycles. The van der Waals surface area contributed by atoms with E-state index in [1.54, 1.807) is 0 Å². The van der Waals surface area contributed by atoms with Gasteiger partial charge in [-0.25, -0.2) is 0 Å². The summed E-state index contributed by atoms with van der Waals surface area (Å²) in [4.78, 5) is 4.39. The Morgan fingerprint density at radius 2 is 2.00 bits per heavy atom. The van der Waals surface area contributed by atoms with E-state index in [1.807, 2.05) is 24.4 Å². The molecule has 0 amide bonds. The van der Waals surface area contributed by atoms with Crippen LogP contribution in [0.25, 0.3) is 0 Å². The first-order chi connectivity index (χ1) is 6.48. The van der Waals surface area contributed by atoms with Crippen LogP contribution in [-0.4, -0.2) is 31.8 Å². The highest BCUT2D eigenvalue weighted by Crippen LogP contribution is 2.37. The fourth-order valence-corrected chi connectivity index (χ4v) is 1.91. The summed E-state index contributed by atoms with van der Waals surface area (Å²) in [5, 5.41) is 0.785. The van der Waals surface area contributed by atoms with Gasteiger partial charge in [0.15, 0.2) is 6.04 Å². The van der Waals surface area contributed by atoms with Gasteiger partial charge in [-0.2, -0.15) is 0 Å². The molecule has 0 aliphatic carbocycles. The molecule has 74 valence electrons. The van der Waals surface area contributed by atoms with Crippen molar-refractivity contribution in [3.05, 3.63) is 28.8 Å². The first-order valence-electron chi connectivity index (χ1n) is 4.63. The van der Waals surface area contributed by atoms with Gasteiger partial charge in [-0.3, -0.25) is 4.99 Å². The van der Waals surface area contributed by atoms with Crippen molar-refractivity contribution < 1.29 is 4.48 Å². The van der Waals surface area contributed by atoms with E-state index in [2.05, 4.69) is 26.1 Å². The molecule has 1 aromatic rings. The van der Waals surface area contributed by atoms with Gasteiger partial charge in [0.1, 0.15) is 0 Å². The Labute approximate surface area is 89.4 Å². The quantitative estimate of drug-likeness (QED) is 0.631. The second-order valence-electron chi connectivity index (χ2n) is 4.54. The summed E-state index contributed by atoms with van der Waals surface area (Å²) in [6.45, 7) is 0. The summed E-state index contributed by atoms with van der Waals surface area (Å²) < 4.78 is 0.844. The summed E-state index contributed by atoms with van der Waals surface area (Å²) >= 11 is 5.98. The van der Waals surface area contributed by atoms with Crippen LogP contribution < -0.4 is 0 Å². The topological polar surface area (TPSA) is 12.4 Å². The Kier molecular flexibility index (Phi) is 2.13. The molecule has 1 unspecified atom stereocenters. The van der Waals surface area contributed by atoms with Gasteiger partial charge in [0.05, 0.1) is 33.0 Å². The molecule has 14 heavy (non-hydrogen) atoms. The van der Waals surface area contributed by atoms with E-state index in [9.17, 15) is 0 Å². The SMILES string of the molecule is C[N+](C)(C)C1C=Nc2ccc(Cl)cc21. The molecule has 0 fully saturated rings. The molecule has 0 radical (unpaired) electrons. The second-order valence-corrected chi connectivity index (χ2v) is 4.98. The Hall–Kier alpha value is -0.860. The maximum absolute atomic E-state index is 5.98. The van der Waals surface area contributed by atoms with Crippen molar-refractivity contribution in [2.75, 3.05) is 21.1 Å². The van der Waals surface area contributed by atoms with Crippen molar-refractivity contribution in [1.82, 2.24) is 0 Å². The van der Waals surface area contributed by atoms with E-state index < -0.39 is 0 Å². The minimum Gasteiger partial charge on any atom is -0.320 e. The van der Waals surface area contributed by atoms with Crippen LogP contribution in [-0.2, 0) is 0 Å². The van der Waals surface area contributed by atoms with Gasteiger partial charge in [0.25, 0.3) is 0 Å². The highest BCUT2D eigenvalue weighted by atomic mass is 35.5. The van der Waals surface area contributed by atoms with Crippen LogP contribution in [0, 0.1) is 0 Å². The molecule has 1 atom stereocenters. The van der Waals surface area contributed by atoms with Gasteiger partial charge < -0.3 is 4.48 Å². The van der Waals surface area contributed by atoms with Crippen LogP contribution >= 0.6 is 11.6 Å². The van der Waals surface area contributed by atoms with Gasteiger partial charge in [-0.05, 0) is 18.2 Å². The molecule has 2 nitrogen and oxygen atoms in total. The standard InChI is InChI=1S/C11H14ClN2/c1-14(2,3)11-7-13-10-5-4-8(12)6-9(10)11/h4-7,11H,1-3H3/q+1. The number of halogens is 1. The zero-order valence-corrected chi connectivity index (χ0v) is 9.42. The molecule has 0 bridgehead atoms. The van der Waals surface area contributed by atoms with Crippen molar-refractivity contribution in [1.29, 1.82) is 0 Å². The maximum atomic E-state index is 5.98. The summed E-state index contributed by atoms with van der Waals surface area (Å²) in [5.41, 5.74) is 2.28. The molecule has 0 aromatic heterocycles. The zero-order valence-electron chi connectivity index (χ0n) is 8.66. The van der Waals surface area contributed by atoms with Crippen molar-refractivity contribution in [3.8, 4) is 0 Å². The third kappa shape index (κ3) is 1.56. The summed E-state index contributed by atoms with van der Waals surface area (Å²) in [6.07, 6.45) is 2.00. The third-order valence-corrected chi connectivity index (χ3v) is 2.73. The third-order valence-electron chi connectivity index (χ3n) is 2.50. The minimum absolute atomic E-state index is 0.323. The molecular formula is C11H14ClN2+.